The fraction of sp³-hybridized carbons (Fsp3) is 0.682. The van der Waals surface area contributed by atoms with Crippen LogP contribution in [-0.4, -0.2) is 52.3 Å². The second-order valence-electron chi connectivity index (χ2n) is 7.51. The molecule has 0 amide bonds. The van der Waals surface area contributed by atoms with Crippen molar-refractivity contribution in [3.05, 3.63) is 35.4 Å². The average Bonchev–Trinajstić information content (AvgIpc) is 2.74. The number of benzene rings is 1. The van der Waals surface area contributed by atoms with E-state index in [4.69, 9.17) is 0 Å². The first-order chi connectivity index (χ1) is 13.6. The molecule has 1 fully saturated rings. The fourth-order valence-electron chi connectivity index (χ4n) is 3.87. The summed E-state index contributed by atoms with van der Waals surface area (Å²) in [6.07, 6.45) is 4.32. The second kappa shape index (κ2) is 14.4. The smallest absolute Gasteiger partial charge is 0.191 e. The Morgan fingerprint density at radius 1 is 1.21 bits per heavy atom. The number of hydrogen-bond acceptors (Lipinski definition) is 3. The summed E-state index contributed by atoms with van der Waals surface area (Å²) in [6.45, 7) is 10.3. The predicted molar refractivity (Wildman–Crippen MR) is 137 cm³/mol. The van der Waals surface area contributed by atoms with Gasteiger partial charge in [0.1, 0.15) is 0 Å². The van der Waals surface area contributed by atoms with Gasteiger partial charge in [-0.2, -0.15) is 0 Å². The summed E-state index contributed by atoms with van der Waals surface area (Å²) in [7, 11) is 1.12. The van der Waals surface area contributed by atoms with Crippen LogP contribution in [0.2, 0.25) is 0 Å². The molecule has 29 heavy (non-hydrogen) atoms. The normalized spacial score (nSPS) is 20.8. The maximum absolute atomic E-state index is 12.2. The van der Waals surface area contributed by atoms with Crippen LogP contribution in [0.5, 0.6) is 0 Å². The SMILES string of the molecule is CCN(CC)Cc1cccc(CNC(=NC)NC2CCCC(S(=O)CC)C2)c1.I. The van der Waals surface area contributed by atoms with Crippen molar-refractivity contribution in [1.29, 1.82) is 0 Å². The minimum atomic E-state index is -0.698. The topological polar surface area (TPSA) is 56.7 Å². The molecule has 1 aromatic rings. The number of halogens is 1. The van der Waals surface area contributed by atoms with Crippen LogP contribution in [0.1, 0.15) is 57.6 Å². The monoisotopic (exact) mass is 534 g/mol. The molecular weight excluding hydrogens is 495 g/mol. The lowest BCUT2D eigenvalue weighted by Gasteiger charge is -2.30. The minimum Gasteiger partial charge on any atom is -0.354 e. The van der Waals surface area contributed by atoms with E-state index >= 15 is 0 Å². The average molecular weight is 535 g/mol. The Morgan fingerprint density at radius 2 is 1.93 bits per heavy atom. The second-order valence-corrected chi connectivity index (χ2v) is 9.51. The van der Waals surface area contributed by atoms with Crippen molar-refractivity contribution in [2.24, 2.45) is 4.99 Å². The summed E-state index contributed by atoms with van der Waals surface area (Å²) in [5, 5.41) is 7.32. The largest absolute Gasteiger partial charge is 0.354 e. The van der Waals surface area contributed by atoms with E-state index in [1.54, 1.807) is 0 Å². The summed E-state index contributed by atoms with van der Waals surface area (Å²) in [6, 6.07) is 9.13. The van der Waals surface area contributed by atoms with E-state index in [9.17, 15) is 4.21 Å². The lowest BCUT2D eigenvalue weighted by molar-refractivity contribution is 0.296. The maximum Gasteiger partial charge on any atom is 0.191 e. The Bertz CT molecular complexity index is 651. The molecule has 1 aromatic carbocycles. The number of rotatable bonds is 9. The lowest BCUT2D eigenvalue weighted by Crippen LogP contribution is -2.46. The highest BCUT2D eigenvalue weighted by Crippen LogP contribution is 2.23. The van der Waals surface area contributed by atoms with Crippen LogP contribution in [0, 0.1) is 0 Å². The highest BCUT2D eigenvalue weighted by atomic mass is 127. The lowest BCUT2D eigenvalue weighted by atomic mass is 9.95. The van der Waals surface area contributed by atoms with E-state index in [2.05, 4.69) is 58.6 Å². The van der Waals surface area contributed by atoms with Gasteiger partial charge in [-0.05, 0) is 43.5 Å². The molecule has 0 heterocycles. The zero-order valence-corrected chi connectivity index (χ0v) is 21.6. The molecule has 0 saturated heterocycles. The van der Waals surface area contributed by atoms with E-state index in [1.165, 1.54) is 11.1 Å². The van der Waals surface area contributed by atoms with E-state index in [1.807, 2.05) is 14.0 Å². The van der Waals surface area contributed by atoms with Gasteiger partial charge < -0.3 is 10.6 Å². The molecule has 0 radical (unpaired) electrons. The number of aliphatic imine (C=N–C) groups is 1. The molecule has 1 aliphatic rings. The van der Waals surface area contributed by atoms with Gasteiger partial charge in [0.05, 0.1) is 0 Å². The van der Waals surface area contributed by atoms with Crippen molar-refractivity contribution in [3.8, 4) is 0 Å². The molecule has 2 N–H and O–H groups in total. The molecule has 3 atom stereocenters. The van der Waals surface area contributed by atoms with Crippen molar-refractivity contribution in [1.82, 2.24) is 15.5 Å². The van der Waals surface area contributed by atoms with Gasteiger partial charge in [0.2, 0.25) is 0 Å². The Hall–Kier alpha value is -0.670. The van der Waals surface area contributed by atoms with Gasteiger partial charge >= 0.3 is 0 Å². The van der Waals surface area contributed by atoms with Gasteiger partial charge in [-0.3, -0.25) is 14.1 Å². The molecular formula is C22H39IN4OS. The molecule has 166 valence electrons. The van der Waals surface area contributed by atoms with E-state index in [0.29, 0.717) is 11.3 Å². The third-order valence-electron chi connectivity index (χ3n) is 5.60. The Labute approximate surface area is 197 Å². The molecule has 1 saturated carbocycles. The quantitative estimate of drug-likeness (QED) is 0.287. The third-order valence-corrected chi connectivity index (χ3v) is 7.34. The first-order valence-electron chi connectivity index (χ1n) is 10.7. The van der Waals surface area contributed by atoms with E-state index < -0.39 is 10.8 Å². The van der Waals surface area contributed by atoms with Gasteiger partial charge in [0.25, 0.3) is 0 Å². The highest BCUT2D eigenvalue weighted by molar-refractivity contribution is 14.0. The van der Waals surface area contributed by atoms with E-state index in [0.717, 1.165) is 63.6 Å². The number of guanidine groups is 1. The molecule has 0 aromatic heterocycles. The zero-order chi connectivity index (χ0) is 20.4. The molecule has 5 nitrogen and oxygen atoms in total. The first kappa shape index (κ1) is 26.4. The number of nitrogens with zero attached hydrogens (tertiary/aromatic N) is 2. The molecule has 1 aliphatic carbocycles. The minimum absolute atomic E-state index is 0. The summed E-state index contributed by atoms with van der Waals surface area (Å²) >= 11 is 0. The summed E-state index contributed by atoms with van der Waals surface area (Å²) < 4.78 is 12.2. The van der Waals surface area contributed by atoms with Crippen LogP contribution < -0.4 is 10.6 Å². The van der Waals surface area contributed by atoms with Crippen LogP contribution in [0.4, 0.5) is 0 Å². The standard InChI is InChI=1S/C22H38N4OS.HI/c1-5-26(6-2)17-19-11-8-10-18(14-19)16-24-22(23-4)25-20-12-9-13-21(15-20)28(27)7-3;/h8,10-11,14,20-21H,5-7,9,12-13,15-17H2,1-4H3,(H2,23,24,25);1H. The van der Waals surface area contributed by atoms with Gasteiger partial charge in [0.15, 0.2) is 5.96 Å². The Kier molecular flexibility index (Phi) is 13.1. The Balaban J connectivity index is 0.00000420. The van der Waals surface area contributed by atoms with Crippen LogP contribution >= 0.6 is 24.0 Å². The molecule has 3 unspecified atom stereocenters. The molecule has 0 bridgehead atoms. The fourth-order valence-corrected chi connectivity index (χ4v) is 5.22. The first-order valence-corrected chi connectivity index (χ1v) is 12.1. The van der Waals surface area contributed by atoms with Crippen LogP contribution in [0.25, 0.3) is 0 Å². The van der Waals surface area contributed by atoms with E-state index in [-0.39, 0.29) is 24.0 Å². The van der Waals surface area contributed by atoms with Crippen LogP contribution in [0.15, 0.2) is 29.3 Å². The molecule has 2 rings (SSSR count). The van der Waals surface area contributed by atoms with Crippen molar-refractivity contribution >= 4 is 40.7 Å². The number of nitrogens with one attached hydrogen (secondary N) is 2. The van der Waals surface area contributed by atoms with Crippen molar-refractivity contribution in [2.75, 3.05) is 25.9 Å². The Morgan fingerprint density at radius 3 is 2.59 bits per heavy atom. The van der Waals surface area contributed by atoms with Gasteiger partial charge in [-0.25, -0.2) is 0 Å². The van der Waals surface area contributed by atoms with Crippen LogP contribution in [0.3, 0.4) is 0 Å². The van der Waals surface area contributed by atoms with Crippen LogP contribution in [-0.2, 0) is 23.9 Å². The van der Waals surface area contributed by atoms with Crippen molar-refractivity contribution in [2.45, 2.75) is 70.8 Å². The number of hydrogen-bond donors (Lipinski definition) is 2. The third kappa shape index (κ3) is 8.92. The summed E-state index contributed by atoms with van der Waals surface area (Å²) in [5.41, 5.74) is 2.62. The van der Waals surface area contributed by atoms with Gasteiger partial charge in [-0.15, -0.1) is 24.0 Å². The zero-order valence-electron chi connectivity index (χ0n) is 18.4. The van der Waals surface area contributed by atoms with Crippen molar-refractivity contribution < 1.29 is 4.21 Å². The maximum atomic E-state index is 12.2. The molecule has 7 heteroatoms. The molecule has 0 aliphatic heterocycles. The highest BCUT2D eigenvalue weighted by Gasteiger charge is 2.26. The predicted octanol–water partition coefficient (Wildman–Crippen LogP) is 3.89. The molecule has 0 spiro atoms. The summed E-state index contributed by atoms with van der Waals surface area (Å²) in [5.74, 6) is 1.59. The van der Waals surface area contributed by atoms with Gasteiger partial charge in [0, 0.05) is 48.0 Å². The van der Waals surface area contributed by atoms with Crippen molar-refractivity contribution in [3.63, 3.8) is 0 Å². The van der Waals surface area contributed by atoms with Gasteiger partial charge in [-0.1, -0.05) is 51.5 Å². The summed E-state index contributed by atoms with van der Waals surface area (Å²) in [4.78, 5) is 6.82.